The van der Waals surface area contributed by atoms with Crippen LogP contribution in [0, 0.1) is 0 Å². The van der Waals surface area contributed by atoms with Crippen molar-refractivity contribution >= 4 is 26.0 Å². The third-order valence-electron chi connectivity index (χ3n) is 2.21. The highest BCUT2D eigenvalue weighted by Gasteiger charge is 2.12. The molecule has 0 aromatic heterocycles. The van der Waals surface area contributed by atoms with Crippen molar-refractivity contribution in [2.24, 2.45) is 0 Å². The van der Waals surface area contributed by atoms with Gasteiger partial charge in [0, 0.05) is 25.6 Å². The third-order valence-corrected chi connectivity index (χ3v) is 4.33. The molecule has 1 N–H and O–H groups in total. The number of alkyl halides is 1. The highest BCUT2D eigenvalue weighted by molar-refractivity contribution is 9.08. The van der Waals surface area contributed by atoms with Crippen LogP contribution >= 0.6 is 15.9 Å². The molecule has 0 unspecified atom stereocenters. The Hall–Kier alpha value is -0.430. The van der Waals surface area contributed by atoms with Crippen LogP contribution in [0.1, 0.15) is 12.0 Å². The maximum absolute atomic E-state index is 11.8. The molecule has 0 aliphatic carbocycles. The van der Waals surface area contributed by atoms with Crippen molar-refractivity contribution in [3.05, 3.63) is 29.8 Å². The normalized spacial score (nSPS) is 11.6. The summed E-state index contributed by atoms with van der Waals surface area (Å²) in [7, 11) is -1.80. The molecule has 0 heterocycles. The molecule has 0 spiro atoms. The van der Waals surface area contributed by atoms with Crippen molar-refractivity contribution in [1.29, 1.82) is 0 Å². The first-order valence-corrected chi connectivity index (χ1v) is 7.84. The Morgan fingerprint density at radius 1 is 1.29 bits per heavy atom. The van der Waals surface area contributed by atoms with Gasteiger partial charge in [0.2, 0.25) is 10.0 Å². The van der Waals surface area contributed by atoms with Gasteiger partial charge >= 0.3 is 0 Å². The van der Waals surface area contributed by atoms with E-state index in [1.54, 1.807) is 31.4 Å². The van der Waals surface area contributed by atoms with Gasteiger partial charge in [-0.25, -0.2) is 13.1 Å². The van der Waals surface area contributed by atoms with Gasteiger partial charge in [0.05, 0.1) is 4.90 Å². The first-order chi connectivity index (χ1) is 8.10. The second-order valence-electron chi connectivity index (χ2n) is 3.52. The van der Waals surface area contributed by atoms with Crippen LogP contribution in [0.2, 0.25) is 0 Å². The molecule has 17 heavy (non-hydrogen) atoms. The molecule has 0 fully saturated rings. The zero-order valence-corrected chi connectivity index (χ0v) is 12.1. The van der Waals surface area contributed by atoms with E-state index in [0.717, 1.165) is 5.56 Å². The minimum absolute atomic E-state index is 0.291. The predicted molar refractivity (Wildman–Crippen MR) is 70.8 cm³/mol. The smallest absolute Gasteiger partial charge is 0.240 e. The molecule has 0 saturated carbocycles. The van der Waals surface area contributed by atoms with Gasteiger partial charge in [-0.3, -0.25) is 0 Å². The molecule has 0 amide bonds. The summed E-state index contributed by atoms with van der Waals surface area (Å²) in [6.45, 7) is 0.932. The molecule has 0 saturated heterocycles. The van der Waals surface area contributed by atoms with E-state index in [9.17, 15) is 8.42 Å². The SMILES string of the molecule is COCCCNS(=O)(=O)c1ccc(CBr)cc1. The van der Waals surface area contributed by atoms with Crippen molar-refractivity contribution in [3.63, 3.8) is 0 Å². The number of halogens is 1. The summed E-state index contributed by atoms with van der Waals surface area (Å²) < 4.78 is 31.0. The summed E-state index contributed by atoms with van der Waals surface area (Å²) in [5.41, 5.74) is 1.04. The number of benzene rings is 1. The summed E-state index contributed by atoms with van der Waals surface area (Å²) in [5.74, 6) is 0. The maximum atomic E-state index is 11.8. The number of ether oxygens (including phenoxy) is 1. The molecular formula is C11H16BrNO3S. The molecule has 0 bridgehead atoms. The molecular weight excluding hydrogens is 306 g/mol. The van der Waals surface area contributed by atoms with Crippen LogP contribution in [0.15, 0.2) is 29.2 Å². The Morgan fingerprint density at radius 3 is 2.47 bits per heavy atom. The second-order valence-corrected chi connectivity index (χ2v) is 5.85. The van der Waals surface area contributed by atoms with Gasteiger partial charge in [-0.2, -0.15) is 0 Å². The highest BCUT2D eigenvalue weighted by atomic mass is 79.9. The number of sulfonamides is 1. The van der Waals surface area contributed by atoms with Gasteiger partial charge < -0.3 is 4.74 Å². The fourth-order valence-corrected chi connectivity index (χ4v) is 2.71. The molecule has 96 valence electrons. The van der Waals surface area contributed by atoms with Crippen LogP contribution in [0.5, 0.6) is 0 Å². The average Bonchev–Trinajstić information content (AvgIpc) is 2.35. The lowest BCUT2D eigenvalue weighted by Crippen LogP contribution is -2.25. The fourth-order valence-electron chi connectivity index (χ4n) is 1.26. The van der Waals surface area contributed by atoms with Crippen LogP contribution in [0.4, 0.5) is 0 Å². The van der Waals surface area contributed by atoms with E-state index in [1.807, 2.05) is 0 Å². The molecule has 6 heteroatoms. The van der Waals surface area contributed by atoms with E-state index in [-0.39, 0.29) is 0 Å². The summed E-state index contributed by atoms with van der Waals surface area (Å²) >= 11 is 3.31. The van der Waals surface area contributed by atoms with E-state index >= 15 is 0 Å². The first kappa shape index (κ1) is 14.6. The van der Waals surface area contributed by atoms with Gasteiger partial charge in [0.1, 0.15) is 0 Å². The summed E-state index contributed by atoms with van der Waals surface area (Å²) in [6.07, 6.45) is 0.662. The predicted octanol–water partition coefficient (Wildman–Crippen LogP) is 1.90. The van der Waals surface area contributed by atoms with Gasteiger partial charge in [0.25, 0.3) is 0 Å². The molecule has 1 rings (SSSR count). The third kappa shape index (κ3) is 4.75. The van der Waals surface area contributed by atoms with Crippen molar-refractivity contribution in [1.82, 2.24) is 4.72 Å². The average molecular weight is 322 g/mol. The Labute approximate surface area is 111 Å². The molecule has 1 aromatic rings. The Morgan fingerprint density at radius 2 is 1.94 bits per heavy atom. The molecule has 4 nitrogen and oxygen atoms in total. The lowest BCUT2D eigenvalue weighted by atomic mass is 10.2. The molecule has 1 aromatic carbocycles. The Kier molecular flexibility index (Phi) is 6.11. The number of rotatable bonds is 7. The van der Waals surface area contributed by atoms with E-state index in [1.165, 1.54) is 0 Å². The summed E-state index contributed by atoms with van der Waals surface area (Å²) in [4.78, 5) is 0.291. The van der Waals surface area contributed by atoms with Crippen LogP contribution in [0.3, 0.4) is 0 Å². The van der Waals surface area contributed by atoms with Crippen LogP contribution in [-0.2, 0) is 20.1 Å². The monoisotopic (exact) mass is 321 g/mol. The highest BCUT2D eigenvalue weighted by Crippen LogP contribution is 2.12. The van der Waals surface area contributed by atoms with Crippen molar-refractivity contribution in [3.8, 4) is 0 Å². The van der Waals surface area contributed by atoms with Gasteiger partial charge in [0.15, 0.2) is 0 Å². The van der Waals surface area contributed by atoms with Crippen LogP contribution < -0.4 is 4.72 Å². The van der Waals surface area contributed by atoms with E-state index in [2.05, 4.69) is 20.7 Å². The van der Waals surface area contributed by atoms with Crippen molar-refractivity contribution in [2.75, 3.05) is 20.3 Å². The van der Waals surface area contributed by atoms with E-state index < -0.39 is 10.0 Å². The van der Waals surface area contributed by atoms with Gasteiger partial charge in [-0.15, -0.1) is 0 Å². The van der Waals surface area contributed by atoms with Crippen molar-refractivity contribution < 1.29 is 13.2 Å². The van der Waals surface area contributed by atoms with E-state index in [4.69, 9.17) is 4.74 Å². The second kappa shape index (κ2) is 7.10. The van der Waals surface area contributed by atoms with Crippen LogP contribution in [0.25, 0.3) is 0 Å². The number of hydrogen-bond donors (Lipinski definition) is 1. The lowest BCUT2D eigenvalue weighted by molar-refractivity contribution is 0.196. The van der Waals surface area contributed by atoms with E-state index in [0.29, 0.717) is 29.8 Å². The summed E-state index contributed by atoms with van der Waals surface area (Å²) in [6, 6.07) is 6.79. The topological polar surface area (TPSA) is 55.4 Å². The minimum atomic E-state index is -3.39. The molecule has 0 aliphatic heterocycles. The zero-order valence-electron chi connectivity index (χ0n) is 9.65. The van der Waals surface area contributed by atoms with Gasteiger partial charge in [-0.1, -0.05) is 28.1 Å². The maximum Gasteiger partial charge on any atom is 0.240 e. The first-order valence-electron chi connectivity index (χ1n) is 5.23. The van der Waals surface area contributed by atoms with Gasteiger partial charge in [-0.05, 0) is 24.1 Å². The van der Waals surface area contributed by atoms with Crippen LogP contribution in [-0.4, -0.2) is 28.7 Å². The fraction of sp³-hybridized carbons (Fsp3) is 0.455. The lowest BCUT2D eigenvalue weighted by Gasteiger charge is -2.06. The number of methoxy groups -OCH3 is 1. The summed E-state index contributed by atoms with van der Waals surface area (Å²) in [5, 5.41) is 0.717. The zero-order chi connectivity index (χ0) is 12.7. The molecule has 0 atom stereocenters. The standard InChI is InChI=1S/C11H16BrNO3S/c1-16-8-2-7-13-17(14,15)11-5-3-10(9-12)4-6-11/h3-6,13H,2,7-9H2,1H3. The number of hydrogen-bond acceptors (Lipinski definition) is 3. The largest absolute Gasteiger partial charge is 0.385 e. The molecule has 0 aliphatic rings. The Balaban J connectivity index is 2.62. The Bertz CT molecular complexity index is 431. The number of nitrogens with one attached hydrogen (secondary N) is 1. The minimum Gasteiger partial charge on any atom is -0.385 e. The molecule has 0 radical (unpaired) electrons. The quantitative estimate of drug-likeness (QED) is 0.616. The van der Waals surface area contributed by atoms with Crippen molar-refractivity contribution in [2.45, 2.75) is 16.6 Å².